The molecule has 0 aliphatic rings. The zero-order valence-corrected chi connectivity index (χ0v) is 14.5. The van der Waals surface area contributed by atoms with Gasteiger partial charge in [-0.15, -0.1) is 0 Å². The minimum absolute atomic E-state index is 0.0196. The SMILES string of the molecule is O=Cc1ccc(C(F)(F)F)cc1C(O)C(O)CNC(=O)OCc1ccccc1. The third-order valence-electron chi connectivity index (χ3n) is 3.89. The Morgan fingerprint density at radius 2 is 1.82 bits per heavy atom. The lowest BCUT2D eigenvalue weighted by atomic mass is 9.96. The molecule has 28 heavy (non-hydrogen) atoms. The monoisotopic (exact) mass is 397 g/mol. The lowest BCUT2D eigenvalue weighted by molar-refractivity contribution is -0.137. The standard InChI is InChI=1S/C19H18F3NO5/c20-19(21,22)14-7-6-13(10-24)15(8-14)17(26)16(25)9-23-18(27)28-11-12-4-2-1-3-5-12/h1-8,10,16-17,25-26H,9,11H2,(H,23,27). The fraction of sp³-hybridized carbons (Fsp3) is 0.263. The Bertz CT molecular complexity index is 811. The van der Waals surface area contributed by atoms with Crippen LogP contribution in [0.1, 0.15) is 33.2 Å². The van der Waals surface area contributed by atoms with Gasteiger partial charge in [0.05, 0.1) is 5.56 Å². The quantitative estimate of drug-likeness (QED) is 0.625. The Morgan fingerprint density at radius 3 is 2.43 bits per heavy atom. The number of halogens is 3. The van der Waals surface area contributed by atoms with Crippen LogP contribution in [0.15, 0.2) is 48.5 Å². The molecule has 0 heterocycles. The molecule has 0 bridgehead atoms. The van der Waals surface area contributed by atoms with Crippen molar-refractivity contribution in [3.8, 4) is 0 Å². The summed E-state index contributed by atoms with van der Waals surface area (Å²) in [5.74, 6) is 0. The Morgan fingerprint density at radius 1 is 1.14 bits per heavy atom. The summed E-state index contributed by atoms with van der Waals surface area (Å²) in [6, 6.07) is 11.0. The van der Waals surface area contributed by atoms with Gasteiger partial charge in [-0.3, -0.25) is 4.79 Å². The fourth-order valence-corrected chi connectivity index (χ4v) is 2.40. The van der Waals surface area contributed by atoms with Gasteiger partial charge >= 0.3 is 12.3 Å². The first-order valence-corrected chi connectivity index (χ1v) is 8.19. The molecule has 2 aromatic rings. The number of benzene rings is 2. The maximum atomic E-state index is 12.8. The second kappa shape index (κ2) is 9.34. The van der Waals surface area contributed by atoms with E-state index < -0.39 is 42.1 Å². The van der Waals surface area contributed by atoms with E-state index in [9.17, 15) is 33.0 Å². The van der Waals surface area contributed by atoms with Crippen molar-refractivity contribution in [3.63, 3.8) is 0 Å². The number of hydrogen-bond acceptors (Lipinski definition) is 5. The molecule has 0 aliphatic carbocycles. The summed E-state index contributed by atoms with van der Waals surface area (Å²) in [5.41, 5.74) is -0.935. The first kappa shape index (κ1) is 21.4. The maximum absolute atomic E-state index is 12.8. The van der Waals surface area contributed by atoms with E-state index in [1.54, 1.807) is 30.3 Å². The van der Waals surface area contributed by atoms with Crippen molar-refractivity contribution in [1.82, 2.24) is 5.32 Å². The minimum atomic E-state index is -4.68. The number of carbonyl (C=O) groups excluding carboxylic acids is 2. The molecule has 0 aromatic heterocycles. The molecule has 2 aromatic carbocycles. The second-order valence-electron chi connectivity index (χ2n) is 5.91. The van der Waals surface area contributed by atoms with Crippen molar-refractivity contribution < 1.29 is 37.7 Å². The molecule has 0 radical (unpaired) electrons. The molecule has 150 valence electrons. The summed E-state index contributed by atoms with van der Waals surface area (Å²) < 4.78 is 43.4. The highest BCUT2D eigenvalue weighted by Crippen LogP contribution is 2.32. The fourth-order valence-electron chi connectivity index (χ4n) is 2.40. The molecule has 2 unspecified atom stereocenters. The smallest absolute Gasteiger partial charge is 0.416 e. The van der Waals surface area contributed by atoms with E-state index >= 15 is 0 Å². The largest absolute Gasteiger partial charge is 0.445 e. The number of aliphatic hydroxyl groups is 2. The normalized spacial score (nSPS) is 13.5. The molecule has 6 nitrogen and oxygen atoms in total. The number of aliphatic hydroxyl groups excluding tert-OH is 2. The topological polar surface area (TPSA) is 95.9 Å². The van der Waals surface area contributed by atoms with Gasteiger partial charge in [0.15, 0.2) is 0 Å². The third kappa shape index (κ3) is 5.80. The number of aldehydes is 1. The first-order chi connectivity index (χ1) is 13.2. The first-order valence-electron chi connectivity index (χ1n) is 8.19. The zero-order chi connectivity index (χ0) is 20.7. The molecule has 0 spiro atoms. The summed E-state index contributed by atoms with van der Waals surface area (Å²) in [6.45, 7) is -0.516. The number of amides is 1. The Balaban J connectivity index is 1.97. The van der Waals surface area contributed by atoms with Crippen molar-refractivity contribution in [2.24, 2.45) is 0 Å². The number of alkyl carbamates (subject to hydrolysis) is 1. The lowest BCUT2D eigenvalue weighted by Gasteiger charge is -2.21. The van der Waals surface area contributed by atoms with Gasteiger partial charge in [0, 0.05) is 12.1 Å². The van der Waals surface area contributed by atoms with Crippen molar-refractivity contribution in [2.75, 3.05) is 6.54 Å². The highest BCUT2D eigenvalue weighted by atomic mass is 19.4. The number of alkyl halides is 3. The predicted molar refractivity (Wildman–Crippen MR) is 92.4 cm³/mol. The van der Waals surface area contributed by atoms with Gasteiger partial charge in [-0.25, -0.2) is 4.79 Å². The van der Waals surface area contributed by atoms with Gasteiger partial charge < -0.3 is 20.3 Å². The van der Waals surface area contributed by atoms with Crippen LogP contribution in [0.25, 0.3) is 0 Å². The van der Waals surface area contributed by atoms with Crippen LogP contribution >= 0.6 is 0 Å². The maximum Gasteiger partial charge on any atom is 0.416 e. The molecular formula is C19H18F3NO5. The van der Waals surface area contributed by atoms with Crippen molar-refractivity contribution in [3.05, 3.63) is 70.8 Å². The van der Waals surface area contributed by atoms with Crippen molar-refractivity contribution in [1.29, 1.82) is 0 Å². The van der Waals surface area contributed by atoms with E-state index in [0.29, 0.717) is 12.1 Å². The van der Waals surface area contributed by atoms with Gasteiger partial charge in [-0.05, 0) is 23.3 Å². The lowest BCUT2D eigenvalue weighted by Crippen LogP contribution is -2.36. The van der Waals surface area contributed by atoms with Gasteiger partial charge in [-0.2, -0.15) is 13.2 Å². The van der Waals surface area contributed by atoms with E-state index in [1.165, 1.54) is 0 Å². The number of ether oxygens (including phenoxy) is 1. The molecule has 0 saturated heterocycles. The van der Waals surface area contributed by atoms with Crippen LogP contribution in [0.3, 0.4) is 0 Å². The van der Waals surface area contributed by atoms with Crippen LogP contribution in [0, 0.1) is 0 Å². The number of hydrogen-bond donors (Lipinski definition) is 3. The van der Waals surface area contributed by atoms with E-state index in [4.69, 9.17) is 4.74 Å². The van der Waals surface area contributed by atoms with E-state index in [0.717, 1.165) is 11.6 Å². The van der Waals surface area contributed by atoms with Gasteiger partial charge in [0.25, 0.3) is 0 Å². The van der Waals surface area contributed by atoms with Crippen LogP contribution in [0.4, 0.5) is 18.0 Å². The number of carbonyl (C=O) groups is 2. The predicted octanol–water partition coefficient (Wildman–Crippen LogP) is 2.84. The Kier molecular flexibility index (Phi) is 7.13. The number of rotatable bonds is 7. The summed E-state index contributed by atoms with van der Waals surface area (Å²) in [6.07, 6.45) is -8.77. The van der Waals surface area contributed by atoms with Crippen molar-refractivity contribution in [2.45, 2.75) is 25.0 Å². The zero-order valence-electron chi connectivity index (χ0n) is 14.5. The van der Waals surface area contributed by atoms with Crippen LogP contribution in [-0.2, 0) is 17.5 Å². The van der Waals surface area contributed by atoms with Crippen molar-refractivity contribution >= 4 is 12.4 Å². The van der Waals surface area contributed by atoms with E-state index in [2.05, 4.69) is 5.32 Å². The molecule has 0 aliphatic heterocycles. The van der Waals surface area contributed by atoms with E-state index in [-0.39, 0.29) is 18.5 Å². The molecule has 9 heteroatoms. The summed E-state index contributed by atoms with van der Waals surface area (Å²) in [5, 5.41) is 22.3. The summed E-state index contributed by atoms with van der Waals surface area (Å²) in [4.78, 5) is 22.7. The average Bonchev–Trinajstić information content (AvgIpc) is 2.69. The molecule has 0 fully saturated rings. The van der Waals surface area contributed by atoms with Crippen LogP contribution in [0.2, 0.25) is 0 Å². The van der Waals surface area contributed by atoms with Crippen LogP contribution < -0.4 is 5.32 Å². The average molecular weight is 397 g/mol. The molecular weight excluding hydrogens is 379 g/mol. The van der Waals surface area contributed by atoms with Gasteiger partial charge in [0.1, 0.15) is 25.1 Å². The Hall–Kier alpha value is -2.91. The van der Waals surface area contributed by atoms with Gasteiger partial charge in [-0.1, -0.05) is 36.4 Å². The Labute approximate surface area is 158 Å². The third-order valence-corrected chi connectivity index (χ3v) is 3.89. The van der Waals surface area contributed by atoms with Crippen LogP contribution in [-0.4, -0.2) is 35.2 Å². The molecule has 2 atom stereocenters. The molecule has 2 rings (SSSR count). The molecule has 1 amide bonds. The molecule has 3 N–H and O–H groups in total. The minimum Gasteiger partial charge on any atom is -0.445 e. The van der Waals surface area contributed by atoms with Crippen LogP contribution in [0.5, 0.6) is 0 Å². The summed E-state index contributed by atoms with van der Waals surface area (Å²) >= 11 is 0. The highest BCUT2D eigenvalue weighted by molar-refractivity contribution is 5.77. The van der Waals surface area contributed by atoms with E-state index in [1.807, 2.05) is 0 Å². The second-order valence-corrected chi connectivity index (χ2v) is 5.91. The summed E-state index contributed by atoms with van der Waals surface area (Å²) in [7, 11) is 0. The van der Waals surface area contributed by atoms with Gasteiger partial charge in [0.2, 0.25) is 0 Å². The highest BCUT2D eigenvalue weighted by Gasteiger charge is 2.32. The number of nitrogens with one attached hydrogen (secondary N) is 1. The molecule has 0 saturated carbocycles.